The Morgan fingerprint density at radius 2 is 2.10 bits per heavy atom. The average Bonchev–Trinajstić information content (AvgIpc) is 2.45. The van der Waals surface area contributed by atoms with Crippen LogP contribution in [-0.4, -0.2) is 36.9 Å². The first-order valence-corrected chi connectivity index (χ1v) is 8.31. The van der Waals surface area contributed by atoms with E-state index in [1.54, 1.807) is 0 Å². The van der Waals surface area contributed by atoms with Crippen molar-refractivity contribution >= 4 is 16.0 Å². The van der Waals surface area contributed by atoms with Gasteiger partial charge < -0.3 is 5.11 Å². The third kappa shape index (κ3) is 3.79. The zero-order valence-electron chi connectivity index (χ0n) is 11.5. The van der Waals surface area contributed by atoms with Gasteiger partial charge in [0.1, 0.15) is 10.7 Å². The molecule has 21 heavy (non-hydrogen) atoms. The van der Waals surface area contributed by atoms with Gasteiger partial charge in [-0.2, -0.15) is 4.31 Å². The van der Waals surface area contributed by atoms with Gasteiger partial charge in [-0.25, -0.2) is 12.8 Å². The summed E-state index contributed by atoms with van der Waals surface area (Å²) in [6, 6.07) is 5.31. The Morgan fingerprint density at radius 3 is 2.76 bits per heavy atom. The molecule has 0 aliphatic carbocycles. The second-order valence-electron chi connectivity index (χ2n) is 5.23. The molecule has 1 atom stereocenters. The molecule has 0 saturated carbocycles. The maximum Gasteiger partial charge on any atom is 0.303 e. The van der Waals surface area contributed by atoms with Crippen LogP contribution in [0.15, 0.2) is 29.2 Å². The van der Waals surface area contributed by atoms with E-state index in [0.717, 1.165) is 12.5 Å². The van der Waals surface area contributed by atoms with Crippen molar-refractivity contribution in [3.05, 3.63) is 30.1 Å². The molecule has 1 fully saturated rings. The highest BCUT2D eigenvalue weighted by Gasteiger charge is 2.31. The first-order valence-electron chi connectivity index (χ1n) is 6.87. The minimum Gasteiger partial charge on any atom is -0.481 e. The standard InChI is InChI=1S/C14H18FNO4S/c15-12-5-1-2-6-13(12)21(19,20)16-9-3-4-11(10-16)7-8-14(17)18/h1-2,5-6,11H,3-4,7-10H2,(H,17,18). The Labute approximate surface area is 123 Å². The largest absolute Gasteiger partial charge is 0.481 e. The van der Waals surface area contributed by atoms with Crippen molar-refractivity contribution in [2.45, 2.75) is 30.6 Å². The van der Waals surface area contributed by atoms with Gasteiger partial charge in [-0.3, -0.25) is 4.79 Å². The van der Waals surface area contributed by atoms with Crippen LogP contribution in [0.25, 0.3) is 0 Å². The van der Waals surface area contributed by atoms with Crippen LogP contribution in [0.1, 0.15) is 25.7 Å². The van der Waals surface area contributed by atoms with Gasteiger partial charge in [0.15, 0.2) is 0 Å². The van der Waals surface area contributed by atoms with Crippen molar-refractivity contribution in [2.75, 3.05) is 13.1 Å². The molecule has 0 amide bonds. The van der Waals surface area contributed by atoms with Crippen molar-refractivity contribution in [3.63, 3.8) is 0 Å². The first kappa shape index (κ1) is 15.9. The van der Waals surface area contributed by atoms with Crippen molar-refractivity contribution in [2.24, 2.45) is 5.92 Å². The fourth-order valence-electron chi connectivity index (χ4n) is 2.60. The quantitative estimate of drug-likeness (QED) is 0.903. The van der Waals surface area contributed by atoms with E-state index < -0.39 is 21.8 Å². The molecule has 1 aliphatic heterocycles. The second kappa shape index (κ2) is 6.53. The van der Waals surface area contributed by atoms with Gasteiger partial charge >= 0.3 is 5.97 Å². The summed E-state index contributed by atoms with van der Waals surface area (Å²) >= 11 is 0. The fraction of sp³-hybridized carbons (Fsp3) is 0.500. The van der Waals surface area contributed by atoms with E-state index in [4.69, 9.17) is 5.11 Å². The summed E-state index contributed by atoms with van der Waals surface area (Å²) in [7, 11) is -3.85. The molecule has 7 heteroatoms. The van der Waals surface area contributed by atoms with Crippen molar-refractivity contribution in [3.8, 4) is 0 Å². The summed E-state index contributed by atoms with van der Waals surface area (Å²) in [5.74, 6) is -1.63. The van der Waals surface area contributed by atoms with Crippen LogP contribution >= 0.6 is 0 Å². The number of benzene rings is 1. The van der Waals surface area contributed by atoms with Crippen LogP contribution in [0.3, 0.4) is 0 Å². The lowest BCUT2D eigenvalue weighted by molar-refractivity contribution is -0.137. The maximum absolute atomic E-state index is 13.7. The number of hydrogen-bond acceptors (Lipinski definition) is 3. The summed E-state index contributed by atoms with van der Waals surface area (Å²) in [5.41, 5.74) is 0. The van der Waals surface area contributed by atoms with Gasteiger partial charge in [-0.1, -0.05) is 12.1 Å². The number of carboxylic acids is 1. The lowest BCUT2D eigenvalue weighted by Crippen LogP contribution is -2.40. The van der Waals surface area contributed by atoms with E-state index in [2.05, 4.69) is 0 Å². The molecular weight excluding hydrogens is 297 g/mol. The second-order valence-corrected chi connectivity index (χ2v) is 7.14. The highest BCUT2D eigenvalue weighted by Crippen LogP contribution is 2.27. The minimum absolute atomic E-state index is 0.0106. The Hall–Kier alpha value is -1.47. The number of carbonyl (C=O) groups is 1. The number of nitrogens with zero attached hydrogens (tertiary/aromatic N) is 1. The molecule has 1 unspecified atom stereocenters. The molecule has 1 aliphatic rings. The maximum atomic E-state index is 13.7. The van der Waals surface area contributed by atoms with Gasteiger partial charge in [0.2, 0.25) is 10.0 Å². The molecule has 1 heterocycles. The Morgan fingerprint density at radius 1 is 1.38 bits per heavy atom. The van der Waals surface area contributed by atoms with Gasteiger partial charge in [-0.15, -0.1) is 0 Å². The molecule has 0 radical (unpaired) electrons. The van der Waals surface area contributed by atoms with Gasteiger partial charge in [0, 0.05) is 19.5 Å². The molecule has 1 saturated heterocycles. The summed E-state index contributed by atoms with van der Waals surface area (Å²) in [6.07, 6.45) is 1.94. The molecule has 116 valence electrons. The summed E-state index contributed by atoms with van der Waals surface area (Å²) < 4.78 is 39.9. The van der Waals surface area contributed by atoms with Gasteiger partial charge in [0.25, 0.3) is 0 Å². The molecule has 0 bridgehead atoms. The van der Waals surface area contributed by atoms with Crippen LogP contribution in [-0.2, 0) is 14.8 Å². The van der Waals surface area contributed by atoms with Gasteiger partial charge in [-0.05, 0) is 37.3 Å². The molecule has 5 nitrogen and oxygen atoms in total. The van der Waals surface area contributed by atoms with Crippen LogP contribution in [0.2, 0.25) is 0 Å². The number of halogens is 1. The zero-order valence-corrected chi connectivity index (χ0v) is 12.4. The fourth-order valence-corrected chi connectivity index (χ4v) is 4.22. The number of aliphatic carboxylic acids is 1. The van der Waals surface area contributed by atoms with Crippen LogP contribution in [0, 0.1) is 11.7 Å². The molecule has 1 aromatic rings. The highest BCUT2D eigenvalue weighted by molar-refractivity contribution is 7.89. The van der Waals surface area contributed by atoms with Gasteiger partial charge in [0.05, 0.1) is 0 Å². The molecule has 1 aromatic carbocycles. The minimum atomic E-state index is -3.85. The monoisotopic (exact) mass is 315 g/mol. The first-order chi connectivity index (χ1) is 9.91. The topological polar surface area (TPSA) is 74.7 Å². The van der Waals surface area contributed by atoms with E-state index >= 15 is 0 Å². The number of hydrogen-bond donors (Lipinski definition) is 1. The summed E-state index contributed by atoms with van der Waals surface area (Å²) in [4.78, 5) is 10.3. The molecule has 1 N–H and O–H groups in total. The Kier molecular flexibility index (Phi) is 4.95. The number of rotatable bonds is 5. The lowest BCUT2D eigenvalue weighted by Gasteiger charge is -2.31. The zero-order chi connectivity index (χ0) is 15.5. The third-order valence-electron chi connectivity index (χ3n) is 3.70. The van der Waals surface area contributed by atoms with Crippen molar-refractivity contribution < 1.29 is 22.7 Å². The molecule has 2 rings (SSSR count). The highest BCUT2D eigenvalue weighted by atomic mass is 32.2. The smallest absolute Gasteiger partial charge is 0.303 e. The number of piperidine rings is 1. The van der Waals surface area contributed by atoms with E-state index in [9.17, 15) is 17.6 Å². The van der Waals surface area contributed by atoms with E-state index in [0.29, 0.717) is 19.4 Å². The summed E-state index contributed by atoms with van der Waals surface area (Å²) in [5, 5.41) is 8.70. The average molecular weight is 315 g/mol. The molecule has 0 spiro atoms. The molecular formula is C14H18FNO4S. The Bertz CT molecular complexity index is 617. The van der Waals surface area contributed by atoms with Crippen LogP contribution in [0.4, 0.5) is 4.39 Å². The third-order valence-corrected chi connectivity index (χ3v) is 5.60. The van der Waals surface area contributed by atoms with Crippen molar-refractivity contribution in [1.82, 2.24) is 4.31 Å². The van der Waals surface area contributed by atoms with E-state index in [-0.39, 0.29) is 23.8 Å². The molecule has 0 aromatic heterocycles. The predicted octanol–water partition coefficient (Wildman–Crippen LogP) is 2.09. The lowest BCUT2D eigenvalue weighted by atomic mass is 9.95. The van der Waals surface area contributed by atoms with Crippen molar-refractivity contribution in [1.29, 1.82) is 0 Å². The van der Waals surface area contributed by atoms with Crippen LogP contribution in [0.5, 0.6) is 0 Å². The normalized spacial score (nSPS) is 20.3. The SMILES string of the molecule is O=C(O)CCC1CCCN(S(=O)(=O)c2ccccc2F)C1. The Balaban J connectivity index is 2.13. The number of carboxylic acid groups (broad SMARTS) is 1. The number of sulfonamides is 1. The summed E-state index contributed by atoms with van der Waals surface area (Å²) in [6.45, 7) is 0.601. The van der Waals surface area contributed by atoms with E-state index in [1.165, 1.54) is 22.5 Å². The van der Waals surface area contributed by atoms with E-state index in [1.807, 2.05) is 0 Å². The van der Waals surface area contributed by atoms with Crippen LogP contribution < -0.4 is 0 Å². The predicted molar refractivity (Wildman–Crippen MR) is 74.8 cm³/mol.